The Morgan fingerprint density at radius 2 is 2.07 bits per heavy atom. The van der Waals surface area contributed by atoms with E-state index in [-0.39, 0.29) is 0 Å². The molecular formula is C13H18N2. The minimum absolute atomic E-state index is 1.00. The summed E-state index contributed by atoms with van der Waals surface area (Å²) in [7, 11) is 0. The average Bonchev–Trinajstić information content (AvgIpc) is 2.79. The topological polar surface area (TPSA) is 16.1 Å². The highest BCUT2D eigenvalue weighted by molar-refractivity contribution is 5.08. The minimum Gasteiger partial charge on any atom is -0.298 e. The monoisotopic (exact) mass is 202 g/mol. The number of rotatable bonds is 2. The summed E-state index contributed by atoms with van der Waals surface area (Å²) in [5.41, 5.74) is 1.36. The van der Waals surface area contributed by atoms with Gasteiger partial charge in [-0.3, -0.25) is 9.88 Å². The Morgan fingerprint density at radius 3 is 2.73 bits per heavy atom. The molecule has 1 aliphatic heterocycles. The summed E-state index contributed by atoms with van der Waals surface area (Å²) in [6, 6.07) is 4.22. The van der Waals surface area contributed by atoms with Gasteiger partial charge in [0, 0.05) is 32.0 Å². The van der Waals surface area contributed by atoms with Gasteiger partial charge in [0.25, 0.3) is 0 Å². The highest BCUT2D eigenvalue weighted by atomic mass is 15.2. The van der Waals surface area contributed by atoms with Gasteiger partial charge in [0.05, 0.1) is 0 Å². The smallest absolute Gasteiger partial charge is 0.0312 e. The van der Waals surface area contributed by atoms with Crippen LogP contribution in [0.15, 0.2) is 24.5 Å². The number of hydrogen-bond acceptors (Lipinski definition) is 2. The van der Waals surface area contributed by atoms with Gasteiger partial charge in [0.1, 0.15) is 0 Å². The zero-order valence-corrected chi connectivity index (χ0v) is 9.10. The van der Waals surface area contributed by atoms with Crippen molar-refractivity contribution in [2.24, 2.45) is 11.8 Å². The van der Waals surface area contributed by atoms with Crippen LogP contribution in [0.5, 0.6) is 0 Å². The van der Waals surface area contributed by atoms with Crippen LogP contribution in [0.2, 0.25) is 0 Å². The van der Waals surface area contributed by atoms with E-state index < -0.39 is 0 Å². The third-order valence-corrected chi connectivity index (χ3v) is 3.93. The van der Waals surface area contributed by atoms with E-state index in [0.29, 0.717) is 0 Å². The van der Waals surface area contributed by atoms with Crippen LogP contribution in [0.3, 0.4) is 0 Å². The standard InChI is InChI=1S/C13H18N2/c1-4-12-9-15(10-13(12)5-1)8-11-3-2-6-14-7-11/h2-3,6-7,12-13H,1,4-5,8-10H2. The van der Waals surface area contributed by atoms with E-state index in [4.69, 9.17) is 0 Å². The lowest BCUT2D eigenvalue weighted by Gasteiger charge is -2.16. The summed E-state index contributed by atoms with van der Waals surface area (Å²) in [6.45, 7) is 3.74. The fourth-order valence-corrected chi connectivity index (χ4v) is 3.21. The second-order valence-corrected chi connectivity index (χ2v) is 5.01. The minimum atomic E-state index is 1.00. The molecular weight excluding hydrogens is 184 g/mol. The molecule has 1 aliphatic carbocycles. The van der Waals surface area contributed by atoms with Crippen molar-refractivity contribution >= 4 is 0 Å². The van der Waals surface area contributed by atoms with Gasteiger partial charge < -0.3 is 0 Å². The van der Waals surface area contributed by atoms with E-state index in [2.05, 4.69) is 16.0 Å². The quantitative estimate of drug-likeness (QED) is 0.731. The van der Waals surface area contributed by atoms with Crippen LogP contribution in [-0.2, 0) is 6.54 Å². The maximum atomic E-state index is 4.17. The van der Waals surface area contributed by atoms with Gasteiger partial charge in [-0.15, -0.1) is 0 Å². The van der Waals surface area contributed by atoms with Gasteiger partial charge >= 0.3 is 0 Å². The Kier molecular flexibility index (Phi) is 2.45. The van der Waals surface area contributed by atoms with Gasteiger partial charge in [-0.25, -0.2) is 0 Å². The Morgan fingerprint density at radius 1 is 1.27 bits per heavy atom. The second kappa shape index (κ2) is 3.93. The predicted octanol–water partition coefficient (Wildman–Crippen LogP) is 2.31. The lowest BCUT2D eigenvalue weighted by Crippen LogP contribution is -2.21. The van der Waals surface area contributed by atoms with Crippen LogP contribution >= 0.6 is 0 Å². The molecule has 0 amide bonds. The summed E-state index contributed by atoms with van der Waals surface area (Å²) in [4.78, 5) is 6.77. The summed E-state index contributed by atoms with van der Waals surface area (Å²) < 4.78 is 0. The molecule has 3 rings (SSSR count). The molecule has 1 aromatic heterocycles. The highest BCUT2D eigenvalue weighted by Gasteiger charge is 2.35. The van der Waals surface area contributed by atoms with Crippen molar-refractivity contribution in [1.29, 1.82) is 0 Å². The molecule has 0 N–H and O–H groups in total. The predicted molar refractivity (Wildman–Crippen MR) is 60.3 cm³/mol. The van der Waals surface area contributed by atoms with Crippen LogP contribution in [0.25, 0.3) is 0 Å². The molecule has 1 saturated heterocycles. The molecule has 80 valence electrons. The van der Waals surface area contributed by atoms with E-state index >= 15 is 0 Å². The fourth-order valence-electron chi connectivity index (χ4n) is 3.21. The Hall–Kier alpha value is -0.890. The molecule has 1 aromatic rings. The first-order valence-corrected chi connectivity index (χ1v) is 6.03. The molecule has 2 heterocycles. The second-order valence-electron chi connectivity index (χ2n) is 5.01. The van der Waals surface area contributed by atoms with Gasteiger partial charge in [-0.2, -0.15) is 0 Å². The molecule has 2 aliphatic rings. The van der Waals surface area contributed by atoms with Crippen molar-refractivity contribution in [1.82, 2.24) is 9.88 Å². The van der Waals surface area contributed by atoms with Crippen LogP contribution in [-0.4, -0.2) is 23.0 Å². The number of likely N-dealkylation sites (tertiary alicyclic amines) is 1. The summed E-state index contributed by atoms with van der Waals surface area (Å²) >= 11 is 0. The molecule has 2 heteroatoms. The Labute approximate surface area is 91.3 Å². The molecule has 15 heavy (non-hydrogen) atoms. The Bertz CT molecular complexity index is 311. The van der Waals surface area contributed by atoms with Crippen molar-refractivity contribution in [3.63, 3.8) is 0 Å². The summed E-state index contributed by atoms with van der Waals surface area (Å²) in [5, 5.41) is 0. The van der Waals surface area contributed by atoms with Gasteiger partial charge in [0.15, 0.2) is 0 Å². The van der Waals surface area contributed by atoms with Crippen LogP contribution in [0.1, 0.15) is 24.8 Å². The first-order chi connectivity index (χ1) is 7.42. The molecule has 0 bridgehead atoms. The summed E-state index contributed by atoms with van der Waals surface area (Å²) in [6.07, 6.45) is 8.24. The van der Waals surface area contributed by atoms with Crippen molar-refractivity contribution in [3.8, 4) is 0 Å². The third-order valence-electron chi connectivity index (χ3n) is 3.93. The van der Waals surface area contributed by atoms with Crippen molar-refractivity contribution in [2.75, 3.05) is 13.1 Å². The number of hydrogen-bond donors (Lipinski definition) is 0. The number of pyridine rings is 1. The average molecular weight is 202 g/mol. The molecule has 0 spiro atoms. The number of fused-ring (bicyclic) bond motifs is 1. The lowest BCUT2D eigenvalue weighted by molar-refractivity contribution is 0.303. The fraction of sp³-hybridized carbons (Fsp3) is 0.615. The first-order valence-electron chi connectivity index (χ1n) is 6.03. The highest BCUT2D eigenvalue weighted by Crippen LogP contribution is 2.38. The van der Waals surface area contributed by atoms with Gasteiger partial charge in [0.2, 0.25) is 0 Å². The number of nitrogens with zero attached hydrogens (tertiary/aromatic N) is 2. The van der Waals surface area contributed by atoms with Crippen LogP contribution in [0, 0.1) is 11.8 Å². The van der Waals surface area contributed by atoms with Crippen molar-refractivity contribution in [2.45, 2.75) is 25.8 Å². The van der Waals surface area contributed by atoms with Gasteiger partial charge in [-0.05, 0) is 36.3 Å². The zero-order valence-electron chi connectivity index (χ0n) is 9.10. The van der Waals surface area contributed by atoms with E-state index in [1.165, 1.54) is 37.9 Å². The molecule has 2 nitrogen and oxygen atoms in total. The van der Waals surface area contributed by atoms with Crippen LogP contribution < -0.4 is 0 Å². The molecule has 2 atom stereocenters. The maximum absolute atomic E-state index is 4.17. The SMILES string of the molecule is c1cncc(CN2CC3CCCC3C2)c1. The molecule has 0 aromatic carbocycles. The zero-order chi connectivity index (χ0) is 10.1. The Balaban J connectivity index is 1.62. The van der Waals surface area contributed by atoms with Gasteiger partial charge in [-0.1, -0.05) is 12.5 Å². The maximum Gasteiger partial charge on any atom is 0.0312 e. The molecule has 1 saturated carbocycles. The third kappa shape index (κ3) is 1.91. The first kappa shape index (κ1) is 9.34. The van der Waals surface area contributed by atoms with Crippen LogP contribution in [0.4, 0.5) is 0 Å². The molecule has 2 unspecified atom stereocenters. The van der Waals surface area contributed by atoms with E-state index in [1.807, 2.05) is 18.5 Å². The van der Waals surface area contributed by atoms with E-state index in [9.17, 15) is 0 Å². The number of aromatic nitrogens is 1. The summed E-state index contributed by atoms with van der Waals surface area (Å²) in [5.74, 6) is 2.00. The molecule has 2 fully saturated rings. The largest absolute Gasteiger partial charge is 0.298 e. The molecule has 0 radical (unpaired) electrons. The van der Waals surface area contributed by atoms with Crippen molar-refractivity contribution in [3.05, 3.63) is 30.1 Å². The van der Waals surface area contributed by atoms with E-state index in [0.717, 1.165) is 18.4 Å². The normalized spacial score (nSPS) is 30.7. The lowest BCUT2D eigenvalue weighted by atomic mass is 10.0. The van der Waals surface area contributed by atoms with Crippen molar-refractivity contribution < 1.29 is 0 Å². The van der Waals surface area contributed by atoms with E-state index in [1.54, 1.807) is 0 Å².